The van der Waals surface area contributed by atoms with Crippen LogP contribution in [-0.4, -0.2) is 39.0 Å². The summed E-state index contributed by atoms with van der Waals surface area (Å²) in [6, 6.07) is 0.418. The van der Waals surface area contributed by atoms with Crippen LogP contribution in [0.1, 0.15) is 42.3 Å². The van der Waals surface area contributed by atoms with Crippen LogP contribution >= 0.6 is 22.9 Å². The molecule has 7 heteroatoms. The van der Waals surface area contributed by atoms with Crippen molar-refractivity contribution in [3.05, 3.63) is 33.5 Å². The largest absolute Gasteiger partial charge is 0.460 e. The van der Waals surface area contributed by atoms with Crippen LogP contribution in [0.4, 0.5) is 0 Å². The fraction of sp³-hybridized carbons (Fsp3) is 0.562. The molecule has 1 aliphatic heterocycles. The van der Waals surface area contributed by atoms with Gasteiger partial charge in [0, 0.05) is 30.9 Å². The minimum Gasteiger partial charge on any atom is -0.460 e. The first-order valence-corrected chi connectivity index (χ1v) is 9.33. The lowest BCUT2D eigenvalue weighted by molar-refractivity contribution is 0.0887. The van der Waals surface area contributed by atoms with Crippen molar-refractivity contribution in [1.29, 1.82) is 0 Å². The highest BCUT2D eigenvalue weighted by atomic mass is 35.5. The van der Waals surface area contributed by atoms with E-state index >= 15 is 0 Å². The van der Waals surface area contributed by atoms with Crippen molar-refractivity contribution in [1.82, 2.24) is 19.9 Å². The molecule has 4 rings (SSSR count). The number of hydrogen-bond acceptors (Lipinski definition) is 6. The first kappa shape index (κ1) is 15.3. The lowest BCUT2D eigenvalue weighted by atomic mass is 10.1. The Balaban J connectivity index is 1.26. The van der Waals surface area contributed by atoms with Crippen LogP contribution in [0.2, 0.25) is 5.02 Å². The highest BCUT2D eigenvalue weighted by Gasteiger charge is 2.27. The molecular formula is C16H19ClN4OS. The lowest BCUT2D eigenvalue weighted by Crippen LogP contribution is -2.38. The van der Waals surface area contributed by atoms with Gasteiger partial charge in [-0.1, -0.05) is 11.6 Å². The van der Waals surface area contributed by atoms with Crippen molar-refractivity contribution in [2.24, 2.45) is 0 Å². The molecular weight excluding hydrogens is 332 g/mol. The van der Waals surface area contributed by atoms with Crippen molar-refractivity contribution in [3.63, 3.8) is 0 Å². The first-order valence-electron chi connectivity index (χ1n) is 8.07. The molecule has 1 saturated heterocycles. The Labute approximate surface area is 144 Å². The third-order valence-electron chi connectivity index (χ3n) is 4.29. The second-order valence-electron chi connectivity index (χ2n) is 6.23. The van der Waals surface area contributed by atoms with Gasteiger partial charge < -0.3 is 4.74 Å². The Bertz CT molecular complexity index is 650. The molecule has 0 unspecified atom stereocenters. The molecule has 0 radical (unpaired) electrons. The SMILES string of the molecule is Clc1cnc(OC2CCN(Cc3csc(C4CC4)n3)CC2)nc1. The number of aromatic nitrogens is 3. The van der Waals surface area contributed by atoms with Crippen LogP contribution in [-0.2, 0) is 6.54 Å². The Morgan fingerprint density at radius 2 is 1.91 bits per heavy atom. The Morgan fingerprint density at radius 3 is 2.61 bits per heavy atom. The van der Waals surface area contributed by atoms with Gasteiger partial charge in [0.1, 0.15) is 6.10 Å². The molecule has 5 nitrogen and oxygen atoms in total. The fourth-order valence-electron chi connectivity index (χ4n) is 2.84. The van der Waals surface area contributed by atoms with Crippen LogP contribution < -0.4 is 4.74 Å². The van der Waals surface area contributed by atoms with Crippen molar-refractivity contribution >= 4 is 22.9 Å². The number of halogens is 1. The Hall–Kier alpha value is -1.24. The monoisotopic (exact) mass is 350 g/mol. The summed E-state index contributed by atoms with van der Waals surface area (Å²) in [5.41, 5.74) is 1.22. The second kappa shape index (κ2) is 6.71. The minimum absolute atomic E-state index is 0.185. The van der Waals surface area contributed by atoms with Crippen LogP contribution in [0.3, 0.4) is 0 Å². The summed E-state index contributed by atoms with van der Waals surface area (Å²) in [6.45, 7) is 3.00. The van der Waals surface area contributed by atoms with E-state index in [0.29, 0.717) is 11.0 Å². The molecule has 0 atom stereocenters. The summed E-state index contributed by atoms with van der Waals surface area (Å²) in [5, 5.41) is 4.08. The minimum atomic E-state index is 0.185. The standard InChI is InChI=1S/C16H19ClN4OS/c17-12-7-18-16(19-8-12)22-14-3-5-21(6-4-14)9-13-10-23-15(20-13)11-1-2-11/h7-8,10-11,14H,1-6,9H2. The zero-order valence-electron chi connectivity index (χ0n) is 12.8. The zero-order valence-corrected chi connectivity index (χ0v) is 14.4. The summed E-state index contributed by atoms with van der Waals surface area (Å²) in [7, 11) is 0. The fourth-order valence-corrected chi connectivity index (χ4v) is 3.92. The maximum atomic E-state index is 5.83. The van der Waals surface area contributed by atoms with E-state index in [4.69, 9.17) is 21.3 Å². The van der Waals surface area contributed by atoms with Crippen molar-refractivity contribution in [2.45, 2.75) is 44.2 Å². The topological polar surface area (TPSA) is 51.1 Å². The third-order valence-corrected chi connectivity index (χ3v) is 5.54. The molecule has 0 spiro atoms. The van der Waals surface area contributed by atoms with Gasteiger partial charge in [0.2, 0.25) is 0 Å². The number of likely N-dealkylation sites (tertiary alicyclic amines) is 1. The number of piperidine rings is 1. The summed E-state index contributed by atoms with van der Waals surface area (Å²) in [5.74, 6) is 0.757. The van der Waals surface area contributed by atoms with E-state index in [0.717, 1.165) is 38.4 Å². The molecule has 0 N–H and O–H groups in total. The highest BCUT2D eigenvalue weighted by Crippen LogP contribution is 2.41. The van der Waals surface area contributed by atoms with Gasteiger partial charge in [-0.25, -0.2) is 15.0 Å². The van der Waals surface area contributed by atoms with E-state index < -0.39 is 0 Å². The summed E-state index contributed by atoms with van der Waals surface area (Å²) in [4.78, 5) is 15.4. The first-order chi connectivity index (χ1) is 11.3. The van der Waals surface area contributed by atoms with Crippen molar-refractivity contribution in [3.8, 4) is 6.01 Å². The van der Waals surface area contributed by atoms with Gasteiger partial charge in [-0.05, 0) is 25.7 Å². The van der Waals surface area contributed by atoms with Crippen LogP contribution in [0.5, 0.6) is 6.01 Å². The van der Waals surface area contributed by atoms with E-state index in [9.17, 15) is 0 Å². The van der Waals surface area contributed by atoms with Crippen LogP contribution in [0.15, 0.2) is 17.8 Å². The molecule has 2 aliphatic rings. The predicted molar refractivity (Wildman–Crippen MR) is 90.1 cm³/mol. The highest BCUT2D eigenvalue weighted by molar-refractivity contribution is 7.09. The van der Waals surface area contributed by atoms with Gasteiger partial charge in [-0.15, -0.1) is 11.3 Å². The van der Waals surface area contributed by atoms with E-state index in [1.54, 1.807) is 12.4 Å². The zero-order chi connectivity index (χ0) is 15.6. The van der Waals surface area contributed by atoms with Gasteiger partial charge in [0.05, 0.1) is 28.1 Å². The Morgan fingerprint density at radius 1 is 1.17 bits per heavy atom. The van der Waals surface area contributed by atoms with Crippen molar-refractivity contribution in [2.75, 3.05) is 13.1 Å². The molecule has 0 aromatic carbocycles. The van der Waals surface area contributed by atoms with Crippen molar-refractivity contribution < 1.29 is 4.74 Å². The van der Waals surface area contributed by atoms with E-state index in [1.165, 1.54) is 23.5 Å². The number of nitrogens with zero attached hydrogens (tertiary/aromatic N) is 4. The molecule has 2 aromatic heterocycles. The van der Waals surface area contributed by atoms with Crippen LogP contribution in [0.25, 0.3) is 0 Å². The molecule has 1 saturated carbocycles. The number of ether oxygens (including phenoxy) is 1. The average molecular weight is 351 g/mol. The molecule has 0 amide bonds. The lowest BCUT2D eigenvalue weighted by Gasteiger charge is -2.31. The molecule has 2 aromatic rings. The predicted octanol–water partition coefficient (Wildman–Crippen LogP) is 3.51. The van der Waals surface area contributed by atoms with Gasteiger partial charge in [0.15, 0.2) is 0 Å². The van der Waals surface area contributed by atoms with Gasteiger partial charge in [-0.2, -0.15) is 0 Å². The summed E-state index contributed by atoms with van der Waals surface area (Å²) < 4.78 is 5.83. The van der Waals surface area contributed by atoms with Gasteiger partial charge in [-0.3, -0.25) is 4.90 Å². The average Bonchev–Trinajstić information content (AvgIpc) is 3.32. The van der Waals surface area contributed by atoms with Crippen LogP contribution in [0, 0.1) is 0 Å². The molecule has 1 aliphatic carbocycles. The molecule has 2 fully saturated rings. The number of rotatable bonds is 5. The second-order valence-corrected chi connectivity index (χ2v) is 7.55. The maximum Gasteiger partial charge on any atom is 0.316 e. The van der Waals surface area contributed by atoms with Gasteiger partial charge in [0.25, 0.3) is 0 Å². The molecule has 3 heterocycles. The summed E-state index contributed by atoms with van der Waals surface area (Å²) in [6.07, 6.45) is 7.95. The van der Waals surface area contributed by atoms with E-state index in [-0.39, 0.29) is 6.10 Å². The summed E-state index contributed by atoms with van der Waals surface area (Å²) >= 11 is 7.61. The number of thiazole rings is 1. The smallest absolute Gasteiger partial charge is 0.316 e. The molecule has 23 heavy (non-hydrogen) atoms. The van der Waals surface area contributed by atoms with E-state index in [2.05, 4.69) is 20.2 Å². The van der Waals surface area contributed by atoms with E-state index in [1.807, 2.05) is 11.3 Å². The van der Waals surface area contributed by atoms with Gasteiger partial charge >= 0.3 is 6.01 Å². The molecule has 0 bridgehead atoms. The maximum absolute atomic E-state index is 5.83. The number of hydrogen-bond donors (Lipinski definition) is 0. The Kier molecular flexibility index (Phi) is 4.46. The molecule has 122 valence electrons. The normalized spacial score (nSPS) is 19.9. The third kappa shape index (κ3) is 4.00. The quantitative estimate of drug-likeness (QED) is 0.826.